The average molecular weight is 353 g/mol. The third kappa shape index (κ3) is 3.35. The molecule has 25 heavy (non-hydrogen) atoms. The van der Waals surface area contributed by atoms with Gasteiger partial charge in [0.15, 0.2) is 10.9 Å². The van der Waals surface area contributed by atoms with E-state index in [9.17, 15) is 9.18 Å². The smallest absolute Gasteiger partial charge is 0.196 e. The fourth-order valence-electron chi connectivity index (χ4n) is 2.70. The number of benzene rings is 2. The van der Waals surface area contributed by atoms with Gasteiger partial charge in [-0.1, -0.05) is 42.1 Å². The molecular formula is C19H16FN3OS. The summed E-state index contributed by atoms with van der Waals surface area (Å²) in [5, 5.41) is 9.27. The minimum absolute atomic E-state index is 0.114. The van der Waals surface area contributed by atoms with E-state index in [1.165, 1.54) is 23.9 Å². The van der Waals surface area contributed by atoms with Crippen molar-refractivity contribution in [3.63, 3.8) is 0 Å². The van der Waals surface area contributed by atoms with E-state index in [-0.39, 0.29) is 17.1 Å². The van der Waals surface area contributed by atoms with Crippen molar-refractivity contribution in [3.05, 3.63) is 71.8 Å². The maximum absolute atomic E-state index is 13.8. The monoisotopic (exact) mass is 353 g/mol. The molecule has 2 aromatic carbocycles. The van der Waals surface area contributed by atoms with Crippen LogP contribution in [-0.4, -0.2) is 26.3 Å². The number of thioether (sulfide) groups is 1. The molecule has 1 aliphatic rings. The highest BCUT2D eigenvalue weighted by Crippen LogP contribution is 2.41. The Morgan fingerprint density at radius 3 is 2.52 bits per heavy atom. The number of carbonyl (C=O) groups excluding carboxylic acids is 1. The Hall–Kier alpha value is -2.47. The van der Waals surface area contributed by atoms with Crippen molar-refractivity contribution < 1.29 is 9.18 Å². The van der Waals surface area contributed by atoms with Crippen LogP contribution in [-0.2, 0) is 0 Å². The van der Waals surface area contributed by atoms with Gasteiger partial charge < -0.3 is 0 Å². The molecule has 0 unspecified atom stereocenters. The maximum Gasteiger partial charge on any atom is 0.196 e. The molecule has 1 fully saturated rings. The van der Waals surface area contributed by atoms with Crippen molar-refractivity contribution in [3.8, 4) is 5.69 Å². The first-order valence-corrected chi connectivity index (χ1v) is 9.14. The van der Waals surface area contributed by atoms with E-state index in [1.807, 2.05) is 34.9 Å². The predicted octanol–water partition coefficient (Wildman–Crippen LogP) is 4.26. The Morgan fingerprint density at radius 2 is 1.80 bits per heavy atom. The molecule has 0 atom stereocenters. The second-order valence-electron chi connectivity index (χ2n) is 5.98. The van der Waals surface area contributed by atoms with Crippen molar-refractivity contribution in [1.29, 1.82) is 0 Å². The molecule has 1 aromatic heterocycles. The largest absolute Gasteiger partial charge is 0.293 e. The van der Waals surface area contributed by atoms with Crippen molar-refractivity contribution in [2.45, 2.75) is 23.9 Å². The van der Waals surface area contributed by atoms with E-state index in [2.05, 4.69) is 10.2 Å². The quantitative estimate of drug-likeness (QED) is 0.491. The molecule has 0 spiro atoms. The van der Waals surface area contributed by atoms with Gasteiger partial charge in [-0.15, -0.1) is 10.2 Å². The number of para-hydroxylation sites is 1. The third-order valence-electron chi connectivity index (χ3n) is 4.12. The van der Waals surface area contributed by atoms with Crippen LogP contribution in [0.1, 0.15) is 34.9 Å². The molecule has 0 amide bonds. The second kappa shape index (κ2) is 6.80. The molecule has 0 N–H and O–H groups in total. The molecule has 0 aliphatic heterocycles. The molecule has 0 radical (unpaired) electrons. The molecular weight excluding hydrogens is 337 g/mol. The highest BCUT2D eigenvalue weighted by Gasteiger charge is 2.31. The SMILES string of the molecule is O=C(CSc1nnc(C2CC2)n1-c1ccccc1)c1ccccc1F. The molecule has 1 aliphatic carbocycles. The number of rotatable bonds is 6. The Morgan fingerprint density at radius 1 is 1.08 bits per heavy atom. The maximum atomic E-state index is 13.8. The van der Waals surface area contributed by atoms with Crippen LogP contribution in [0.4, 0.5) is 4.39 Å². The van der Waals surface area contributed by atoms with Crippen LogP contribution in [0.5, 0.6) is 0 Å². The lowest BCUT2D eigenvalue weighted by Crippen LogP contribution is -2.07. The molecule has 0 bridgehead atoms. The van der Waals surface area contributed by atoms with Crippen LogP contribution < -0.4 is 0 Å². The van der Waals surface area contributed by atoms with Crippen molar-refractivity contribution in [2.24, 2.45) is 0 Å². The third-order valence-corrected chi connectivity index (χ3v) is 5.05. The fourth-order valence-corrected chi connectivity index (χ4v) is 3.54. The van der Waals surface area contributed by atoms with Crippen molar-refractivity contribution >= 4 is 17.5 Å². The molecule has 3 aromatic rings. The first-order valence-electron chi connectivity index (χ1n) is 8.15. The number of aromatic nitrogens is 3. The van der Waals surface area contributed by atoms with Crippen LogP contribution in [0.25, 0.3) is 5.69 Å². The van der Waals surface area contributed by atoms with Crippen molar-refractivity contribution in [1.82, 2.24) is 14.8 Å². The number of carbonyl (C=O) groups is 1. The van der Waals surface area contributed by atoms with Crippen LogP contribution in [0.2, 0.25) is 0 Å². The number of hydrogen-bond donors (Lipinski definition) is 0. The zero-order valence-corrected chi connectivity index (χ0v) is 14.2. The number of ketones is 1. The first-order chi connectivity index (χ1) is 12.2. The van der Waals surface area contributed by atoms with E-state index < -0.39 is 5.82 Å². The minimum Gasteiger partial charge on any atom is -0.293 e. The highest BCUT2D eigenvalue weighted by molar-refractivity contribution is 7.99. The normalized spacial score (nSPS) is 13.8. The molecule has 126 valence electrons. The lowest BCUT2D eigenvalue weighted by Gasteiger charge is -2.09. The molecule has 0 saturated heterocycles. The Kier molecular flexibility index (Phi) is 4.36. The van der Waals surface area contributed by atoms with Gasteiger partial charge >= 0.3 is 0 Å². The van der Waals surface area contributed by atoms with Gasteiger partial charge in [0.1, 0.15) is 11.6 Å². The summed E-state index contributed by atoms with van der Waals surface area (Å²) >= 11 is 1.29. The summed E-state index contributed by atoms with van der Waals surface area (Å²) in [4.78, 5) is 12.3. The van der Waals surface area contributed by atoms with Gasteiger partial charge in [0.05, 0.1) is 11.3 Å². The summed E-state index contributed by atoms with van der Waals surface area (Å²) in [5.74, 6) is 0.752. The summed E-state index contributed by atoms with van der Waals surface area (Å²) in [6.07, 6.45) is 2.23. The van der Waals surface area contributed by atoms with Gasteiger partial charge in [0, 0.05) is 11.6 Å². The Bertz CT molecular complexity index is 906. The van der Waals surface area contributed by atoms with Crippen LogP contribution in [0, 0.1) is 5.82 Å². The van der Waals surface area contributed by atoms with Crippen LogP contribution in [0.3, 0.4) is 0 Å². The Balaban J connectivity index is 1.59. The molecule has 1 saturated carbocycles. The lowest BCUT2D eigenvalue weighted by molar-refractivity contribution is 0.101. The topological polar surface area (TPSA) is 47.8 Å². The van der Waals surface area contributed by atoms with Gasteiger partial charge in [-0.25, -0.2) is 4.39 Å². The van der Waals surface area contributed by atoms with E-state index in [0.29, 0.717) is 11.1 Å². The van der Waals surface area contributed by atoms with Crippen LogP contribution >= 0.6 is 11.8 Å². The second-order valence-corrected chi connectivity index (χ2v) is 6.92. The predicted molar refractivity (Wildman–Crippen MR) is 94.8 cm³/mol. The zero-order valence-electron chi connectivity index (χ0n) is 13.4. The number of hydrogen-bond acceptors (Lipinski definition) is 4. The summed E-state index contributed by atoms with van der Waals surface area (Å²) in [5.41, 5.74) is 1.10. The summed E-state index contributed by atoms with van der Waals surface area (Å²) in [6.45, 7) is 0. The lowest BCUT2D eigenvalue weighted by atomic mass is 10.1. The highest BCUT2D eigenvalue weighted by atomic mass is 32.2. The fraction of sp³-hybridized carbons (Fsp3) is 0.211. The van der Waals surface area contributed by atoms with E-state index in [1.54, 1.807) is 12.1 Å². The summed E-state index contributed by atoms with van der Waals surface area (Å²) in [7, 11) is 0. The Labute approximate surface area is 149 Å². The van der Waals surface area contributed by atoms with Crippen molar-refractivity contribution in [2.75, 3.05) is 5.75 Å². The average Bonchev–Trinajstić information content (AvgIpc) is 3.40. The van der Waals surface area contributed by atoms with Gasteiger partial charge in [0.2, 0.25) is 0 Å². The summed E-state index contributed by atoms with van der Waals surface area (Å²) < 4.78 is 15.8. The van der Waals surface area contributed by atoms with E-state index in [0.717, 1.165) is 24.4 Å². The molecule has 6 heteroatoms. The number of Topliss-reactive ketones (excluding diaryl/α,β-unsaturated/α-hetero) is 1. The van der Waals surface area contributed by atoms with E-state index >= 15 is 0 Å². The van der Waals surface area contributed by atoms with Gasteiger partial charge in [-0.2, -0.15) is 0 Å². The summed E-state index contributed by atoms with van der Waals surface area (Å²) in [6, 6.07) is 15.9. The molecule has 4 nitrogen and oxygen atoms in total. The van der Waals surface area contributed by atoms with Gasteiger partial charge in [0.25, 0.3) is 0 Å². The zero-order chi connectivity index (χ0) is 17.2. The number of nitrogens with zero attached hydrogens (tertiary/aromatic N) is 3. The van der Waals surface area contributed by atoms with Crippen LogP contribution in [0.15, 0.2) is 59.8 Å². The van der Waals surface area contributed by atoms with Gasteiger partial charge in [-0.3, -0.25) is 9.36 Å². The molecule has 1 heterocycles. The first kappa shape index (κ1) is 16.0. The minimum atomic E-state index is -0.490. The number of halogens is 1. The molecule has 4 rings (SSSR count). The standard InChI is InChI=1S/C19H16FN3OS/c20-16-9-5-4-8-15(16)17(24)12-25-19-22-21-18(13-10-11-13)23(19)14-6-2-1-3-7-14/h1-9,13H,10-12H2. The van der Waals surface area contributed by atoms with E-state index in [4.69, 9.17) is 0 Å². The van der Waals surface area contributed by atoms with Gasteiger partial charge in [-0.05, 0) is 37.1 Å².